The van der Waals surface area contributed by atoms with Crippen LogP contribution in [0.25, 0.3) is 0 Å². The zero-order chi connectivity index (χ0) is 13.1. The van der Waals surface area contributed by atoms with Gasteiger partial charge in [0.1, 0.15) is 5.75 Å². The second-order valence-electron chi connectivity index (χ2n) is 4.82. The van der Waals surface area contributed by atoms with Crippen LogP contribution < -0.4 is 4.74 Å². The Bertz CT molecular complexity index is 512. The first-order valence-corrected chi connectivity index (χ1v) is 6.08. The van der Waals surface area contributed by atoms with Gasteiger partial charge in [0.15, 0.2) is 6.61 Å². The van der Waals surface area contributed by atoms with E-state index in [1.54, 1.807) is 0 Å². The van der Waals surface area contributed by atoms with Crippen molar-refractivity contribution in [1.82, 2.24) is 10.1 Å². The van der Waals surface area contributed by atoms with Crippen LogP contribution in [0.3, 0.4) is 0 Å². The second-order valence-corrected chi connectivity index (χ2v) is 4.82. The van der Waals surface area contributed by atoms with E-state index in [9.17, 15) is 0 Å². The highest BCUT2D eigenvalue weighted by atomic mass is 16.5. The van der Waals surface area contributed by atoms with Gasteiger partial charge in [-0.1, -0.05) is 25.1 Å². The number of nitrogens with zero attached hydrogens (tertiary/aromatic N) is 2. The van der Waals surface area contributed by atoms with Crippen LogP contribution in [-0.2, 0) is 6.61 Å². The Hall–Kier alpha value is -1.84. The lowest BCUT2D eigenvalue weighted by Gasteiger charge is -2.05. The average molecular weight is 246 g/mol. The van der Waals surface area contributed by atoms with Crippen molar-refractivity contribution < 1.29 is 9.26 Å². The van der Waals surface area contributed by atoms with Crippen LogP contribution >= 0.6 is 0 Å². The molecular formula is C14H18N2O2. The fourth-order valence-electron chi connectivity index (χ4n) is 1.72. The zero-order valence-electron chi connectivity index (χ0n) is 11.2. The fraction of sp³-hybridized carbons (Fsp3) is 0.429. The van der Waals surface area contributed by atoms with Crippen molar-refractivity contribution in [1.29, 1.82) is 0 Å². The Kier molecular flexibility index (Phi) is 3.65. The summed E-state index contributed by atoms with van der Waals surface area (Å²) in [4.78, 5) is 4.27. The van der Waals surface area contributed by atoms with E-state index in [2.05, 4.69) is 16.2 Å². The third kappa shape index (κ3) is 3.09. The van der Waals surface area contributed by atoms with Gasteiger partial charge in [-0.25, -0.2) is 0 Å². The van der Waals surface area contributed by atoms with Crippen LogP contribution in [0.15, 0.2) is 22.7 Å². The predicted octanol–water partition coefficient (Wildman–Crippen LogP) is 3.39. The molecule has 96 valence electrons. The Balaban J connectivity index is 2.02. The molecule has 0 atom stereocenters. The molecule has 0 aliphatic carbocycles. The van der Waals surface area contributed by atoms with Crippen LogP contribution in [0.1, 0.15) is 42.6 Å². The van der Waals surface area contributed by atoms with Gasteiger partial charge in [0.25, 0.3) is 0 Å². The topological polar surface area (TPSA) is 48.2 Å². The SMILES string of the molecule is Cc1cc(C)cc(OCc2noc(C(C)C)n2)c1. The van der Waals surface area contributed by atoms with E-state index in [-0.39, 0.29) is 5.92 Å². The molecule has 0 spiro atoms. The van der Waals surface area contributed by atoms with Gasteiger partial charge in [0, 0.05) is 5.92 Å². The molecule has 4 nitrogen and oxygen atoms in total. The van der Waals surface area contributed by atoms with E-state index in [0.717, 1.165) is 5.75 Å². The highest BCUT2D eigenvalue weighted by molar-refractivity contribution is 5.32. The maximum absolute atomic E-state index is 5.66. The number of ether oxygens (including phenoxy) is 1. The summed E-state index contributed by atoms with van der Waals surface area (Å²) >= 11 is 0. The minimum atomic E-state index is 0.243. The molecule has 0 radical (unpaired) electrons. The van der Waals surface area contributed by atoms with Gasteiger partial charge in [-0.2, -0.15) is 4.98 Å². The minimum absolute atomic E-state index is 0.243. The van der Waals surface area contributed by atoms with Crippen molar-refractivity contribution in [2.75, 3.05) is 0 Å². The molecule has 0 N–H and O–H groups in total. The Labute approximate surface area is 107 Å². The molecule has 1 aromatic heterocycles. The number of aromatic nitrogens is 2. The highest BCUT2D eigenvalue weighted by Gasteiger charge is 2.10. The molecule has 0 saturated carbocycles. The van der Waals surface area contributed by atoms with Crippen LogP contribution in [-0.4, -0.2) is 10.1 Å². The number of hydrogen-bond acceptors (Lipinski definition) is 4. The quantitative estimate of drug-likeness (QED) is 0.829. The predicted molar refractivity (Wildman–Crippen MR) is 68.6 cm³/mol. The van der Waals surface area contributed by atoms with E-state index >= 15 is 0 Å². The number of aryl methyl sites for hydroxylation is 2. The Morgan fingerprint density at radius 3 is 2.39 bits per heavy atom. The molecule has 2 rings (SSSR count). The standard InChI is InChI=1S/C14H18N2O2/c1-9(2)14-15-13(16-18-14)8-17-12-6-10(3)5-11(4)7-12/h5-7,9H,8H2,1-4H3. The molecule has 4 heteroatoms. The number of hydrogen-bond donors (Lipinski definition) is 0. The molecule has 1 heterocycles. The molecule has 0 saturated heterocycles. The third-order valence-corrected chi connectivity index (χ3v) is 2.54. The minimum Gasteiger partial charge on any atom is -0.485 e. The van der Waals surface area contributed by atoms with Gasteiger partial charge in [0.05, 0.1) is 0 Å². The normalized spacial score (nSPS) is 10.9. The average Bonchev–Trinajstić information content (AvgIpc) is 2.73. The van der Waals surface area contributed by atoms with E-state index < -0.39 is 0 Å². The summed E-state index contributed by atoms with van der Waals surface area (Å²) in [5.41, 5.74) is 2.36. The van der Waals surface area contributed by atoms with E-state index in [1.807, 2.05) is 39.8 Å². The summed E-state index contributed by atoms with van der Waals surface area (Å²) in [6.45, 7) is 8.46. The molecule has 0 aliphatic heterocycles. The van der Waals surface area contributed by atoms with E-state index in [1.165, 1.54) is 11.1 Å². The van der Waals surface area contributed by atoms with Crippen molar-refractivity contribution in [2.45, 2.75) is 40.2 Å². The summed E-state index contributed by atoms with van der Waals surface area (Å²) in [6, 6.07) is 6.10. The maximum atomic E-state index is 5.66. The third-order valence-electron chi connectivity index (χ3n) is 2.54. The molecule has 0 amide bonds. The molecule has 0 fully saturated rings. The lowest BCUT2D eigenvalue weighted by Crippen LogP contribution is -1.98. The van der Waals surface area contributed by atoms with Crippen molar-refractivity contribution in [2.24, 2.45) is 0 Å². The van der Waals surface area contributed by atoms with Crippen LogP contribution in [0, 0.1) is 13.8 Å². The second kappa shape index (κ2) is 5.21. The van der Waals surface area contributed by atoms with E-state index in [0.29, 0.717) is 18.3 Å². The van der Waals surface area contributed by atoms with Crippen molar-refractivity contribution >= 4 is 0 Å². The summed E-state index contributed by atoms with van der Waals surface area (Å²) < 4.78 is 10.8. The van der Waals surface area contributed by atoms with Crippen LogP contribution in [0.4, 0.5) is 0 Å². The van der Waals surface area contributed by atoms with Gasteiger partial charge in [-0.3, -0.25) is 0 Å². The van der Waals surface area contributed by atoms with Gasteiger partial charge in [0.2, 0.25) is 11.7 Å². The first-order valence-electron chi connectivity index (χ1n) is 6.08. The van der Waals surface area contributed by atoms with Crippen LogP contribution in [0.2, 0.25) is 0 Å². The molecule has 0 aliphatic rings. The van der Waals surface area contributed by atoms with Crippen molar-refractivity contribution in [3.8, 4) is 5.75 Å². The number of benzene rings is 1. The molecule has 1 aromatic carbocycles. The molecule has 2 aromatic rings. The summed E-state index contributed by atoms with van der Waals surface area (Å²) in [6.07, 6.45) is 0. The highest BCUT2D eigenvalue weighted by Crippen LogP contribution is 2.17. The smallest absolute Gasteiger partial charge is 0.229 e. The maximum Gasteiger partial charge on any atom is 0.229 e. The molecule has 0 bridgehead atoms. The Morgan fingerprint density at radius 1 is 1.17 bits per heavy atom. The van der Waals surface area contributed by atoms with Crippen molar-refractivity contribution in [3.05, 3.63) is 41.0 Å². The molecule has 0 unspecified atom stereocenters. The van der Waals surface area contributed by atoms with Gasteiger partial charge in [-0.15, -0.1) is 0 Å². The van der Waals surface area contributed by atoms with Crippen molar-refractivity contribution in [3.63, 3.8) is 0 Å². The number of rotatable bonds is 4. The van der Waals surface area contributed by atoms with Gasteiger partial charge in [-0.05, 0) is 37.1 Å². The molecule has 18 heavy (non-hydrogen) atoms. The fourth-order valence-corrected chi connectivity index (χ4v) is 1.72. The Morgan fingerprint density at radius 2 is 1.83 bits per heavy atom. The monoisotopic (exact) mass is 246 g/mol. The van der Waals surface area contributed by atoms with Gasteiger partial charge >= 0.3 is 0 Å². The summed E-state index contributed by atoms with van der Waals surface area (Å²) in [7, 11) is 0. The lowest BCUT2D eigenvalue weighted by molar-refractivity contribution is 0.284. The first-order chi connectivity index (χ1) is 8.54. The first kappa shape index (κ1) is 12.6. The summed E-state index contributed by atoms with van der Waals surface area (Å²) in [5, 5.41) is 3.89. The largest absolute Gasteiger partial charge is 0.485 e. The molecular weight excluding hydrogens is 228 g/mol. The lowest BCUT2D eigenvalue weighted by atomic mass is 10.1. The zero-order valence-corrected chi connectivity index (χ0v) is 11.2. The van der Waals surface area contributed by atoms with E-state index in [4.69, 9.17) is 9.26 Å². The van der Waals surface area contributed by atoms with Gasteiger partial charge < -0.3 is 9.26 Å². The summed E-state index contributed by atoms with van der Waals surface area (Å²) in [5.74, 6) is 2.31. The van der Waals surface area contributed by atoms with Crippen LogP contribution in [0.5, 0.6) is 5.75 Å².